The van der Waals surface area contributed by atoms with Crippen LogP contribution in [0.3, 0.4) is 0 Å². The maximum Gasteiger partial charge on any atom is 0.510 e. The van der Waals surface area contributed by atoms with Crippen molar-refractivity contribution in [3.05, 3.63) is 0 Å². The van der Waals surface area contributed by atoms with Gasteiger partial charge >= 0.3 is 24.2 Å². The Balaban J connectivity index is 5.25. The zero-order chi connectivity index (χ0) is 19.1. The van der Waals surface area contributed by atoms with Gasteiger partial charge in [0.15, 0.2) is 6.73 Å². The standard InChI is InChI=1S/C14H23NO9/c1-8(2)23-13(21)22-7-15(12(20)24-14(3,4)5)9(11(18)19)6-10(16)17/h8-9H,6-7H2,1-5H3,(H,16,17)(H,18,19)/t9-/m0/s1. The smallest absolute Gasteiger partial charge is 0.481 e. The van der Waals surface area contributed by atoms with Gasteiger partial charge in [-0.2, -0.15) is 0 Å². The molecule has 0 radical (unpaired) electrons. The fourth-order valence-corrected chi connectivity index (χ4v) is 1.44. The van der Waals surface area contributed by atoms with E-state index in [9.17, 15) is 19.2 Å². The van der Waals surface area contributed by atoms with Crippen molar-refractivity contribution in [2.75, 3.05) is 6.73 Å². The largest absolute Gasteiger partial charge is 0.510 e. The molecule has 24 heavy (non-hydrogen) atoms. The molecule has 0 unspecified atom stereocenters. The molecule has 1 amide bonds. The van der Waals surface area contributed by atoms with Gasteiger partial charge in [-0.25, -0.2) is 14.4 Å². The molecule has 0 aliphatic heterocycles. The minimum atomic E-state index is -1.77. The predicted molar refractivity (Wildman–Crippen MR) is 79.3 cm³/mol. The summed E-state index contributed by atoms with van der Waals surface area (Å²) >= 11 is 0. The van der Waals surface area contributed by atoms with Gasteiger partial charge < -0.3 is 24.4 Å². The molecule has 138 valence electrons. The topological polar surface area (TPSA) is 140 Å². The van der Waals surface area contributed by atoms with Crippen LogP contribution in [-0.4, -0.2) is 63.8 Å². The first-order valence-corrected chi connectivity index (χ1v) is 7.11. The number of ether oxygens (including phenoxy) is 3. The fourth-order valence-electron chi connectivity index (χ4n) is 1.44. The fraction of sp³-hybridized carbons (Fsp3) is 0.714. The van der Waals surface area contributed by atoms with Gasteiger partial charge in [-0.1, -0.05) is 0 Å². The summed E-state index contributed by atoms with van der Waals surface area (Å²) in [7, 11) is 0. The zero-order valence-corrected chi connectivity index (χ0v) is 14.3. The van der Waals surface area contributed by atoms with E-state index in [-0.39, 0.29) is 0 Å². The Morgan fingerprint density at radius 2 is 1.62 bits per heavy atom. The molecule has 1 atom stereocenters. The SMILES string of the molecule is CC(C)OC(=O)OCN(C(=O)OC(C)(C)C)[C@@H](CC(=O)O)C(=O)O. The van der Waals surface area contributed by atoms with Crippen LogP contribution in [0.2, 0.25) is 0 Å². The molecule has 10 heteroatoms. The summed E-state index contributed by atoms with van der Waals surface area (Å²) < 4.78 is 14.4. The molecule has 0 rings (SSSR count). The number of carbonyl (C=O) groups excluding carboxylic acids is 2. The Hall–Kier alpha value is -2.52. The maximum atomic E-state index is 12.1. The monoisotopic (exact) mass is 349 g/mol. The molecule has 0 aliphatic rings. The minimum absolute atomic E-state index is 0.484. The first-order chi connectivity index (χ1) is 10.8. The lowest BCUT2D eigenvalue weighted by molar-refractivity contribution is -0.151. The number of rotatable bonds is 7. The normalized spacial score (nSPS) is 12.2. The lowest BCUT2D eigenvalue weighted by Crippen LogP contribution is -2.49. The summed E-state index contributed by atoms with van der Waals surface area (Å²) in [5, 5.41) is 18.0. The van der Waals surface area contributed by atoms with Crippen molar-refractivity contribution in [1.82, 2.24) is 4.90 Å². The molecule has 0 bridgehead atoms. The first-order valence-electron chi connectivity index (χ1n) is 7.11. The highest BCUT2D eigenvalue weighted by molar-refractivity contribution is 5.84. The van der Waals surface area contributed by atoms with Crippen molar-refractivity contribution in [3.8, 4) is 0 Å². The van der Waals surface area contributed by atoms with Crippen molar-refractivity contribution in [2.45, 2.75) is 58.8 Å². The zero-order valence-electron chi connectivity index (χ0n) is 14.3. The van der Waals surface area contributed by atoms with Gasteiger partial charge in [0.1, 0.15) is 11.6 Å². The van der Waals surface area contributed by atoms with Crippen LogP contribution in [0.15, 0.2) is 0 Å². The molecular formula is C14H23NO9. The first kappa shape index (κ1) is 21.5. The van der Waals surface area contributed by atoms with Crippen molar-refractivity contribution >= 4 is 24.2 Å². The Labute approximate surface area is 139 Å². The Kier molecular flexibility index (Phi) is 8.00. The summed E-state index contributed by atoms with van der Waals surface area (Å²) in [5.41, 5.74) is -0.958. The summed E-state index contributed by atoms with van der Waals surface area (Å²) in [6.45, 7) is 6.94. The summed E-state index contributed by atoms with van der Waals surface area (Å²) in [4.78, 5) is 46.2. The van der Waals surface area contributed by atoms with Crippen LogP contribution in [0.25, 0.3) is 0 Å². The van der Waals surface area contributed by atoms with Crippen molar-refractivity contribution < 1.29 is 43.6 Å². The number of hydrogen-bond acceptors (Lipinski definition) is 7. The summed E-state index contributed by atoms with van der Waals surface area (Å²) in [6, 6.07) is -1.77. The number of hydrogen-bond donors (Lipinski definition) is 2. The third-order valence-corrected chi connectivity index (χ3v) is 2.31. The van der Waals surface area contributed by atoms with Crippen molar-refractivity contribution in [3.63, 3.8) is 0 Å². The van der Waals surface area contributed by atoms with E-state index in [0.717, 1.165) is 0 Å². The van der Waals surface area contributed by atoms with E-state index in [4.69, 9.17) is 19.7 Å². The molecule has 0 aliphatic carbocycles. The van der Waals surface area contributed by atoms with Gasteiger partial charge in [0.25, 0.3) is 0 Å². The van der Waals surface area contributed by atoms with E-state index < -0.39 is 55.1 Å². The highest BCUT2D eigenvalue weighted by Crippen LogP contribution is 2.14. The number of aliphatic carboxylic acids is 2. The Bertz CT molecular complexity index is 481. The number of carbonyl (C=O) groups is 4. The molecule has 0 aromatic carbocycles. The van der Waals surface area contributed by atoms with Crippen LogP contribution in [0.4, 0.5) is 9.59 Å². The quantitative estimate of drug-likeness (QED) is 0.518. The molecule has 10 nitrogen and oxygen atoms in total. The van der Waals surface area contributed by atoms with E-state index in [1.165, 1.54) is 0 Å². The highest BCUT2D eigenvalue weighted by atomic mass is 16.7. The number of carboxylic acid groups (broad SMARTS) is 2. The molecule has 0 saturated heterocycles. The number of amides is 1. The molecule has 0 aromatic heterocycles. The average Bonchev–Trinajstić information content (AvgIpc) is 2.33. The summed E-state index contributed by atoms with van der Waals surface area (Å²) in [5.74, 6) is -3.02. The number of nitrogens with zero attached hydrogens (tertiary/aromatic N) is 1. The third kappa shape index (κ3) is 8.81. The van der Waals surface area contributed by atoms with Crippen LogP contribution in [-0.2, 0) is 23.8 Å². The second kappa shape index (κ2) is 8.94. The van der Waals surface area contributed by atoms with Gasteiger partial charge in [0, 0.05) is 0 Å². The molecule has 0 heterocycles. The van der Waals surface area contributed by atoms with E-state index in [0.29, 0.717) is 4.90 Å². The number of carboxylic acids is 2. The van der Waals surface area contributed by atoms with Gasteiger partial charge in [0.2, 0.25) is 0 Å². The van der Waals surface area contributed by atoms with Crippen LogP contribution >= 0.6 is 0 Å². The highest BCUT2D eigenvalue weighted by Gasteiger charge is 2.35. The maximum absolute atomic E-state index is 12.1. The molecule has 0 aromatic rings. The third-order valence-electron chi connectivity index (χ3n) is 2.31. The van der Waals surface area contributed by atoms with Crippen molar-refractivity contribution in [2.24, 2.45) is 0 Å². The lowest BCUT2D eigenvalue weighted by Gasteiger charge is -2.30. The Morgan fingerprint density at radius 3 is 2.00 bits per heavy atom. The predicted octanol–water partition coefficient (Wildman–Crippen LogP) is 1.67. The van der Waals surface area contributed by atoms with Gasteiger partial charge in [0.05, 0.1) is 12.5 Å². The second-order valence-electron chi connectivity index (χ2n) is 6.09. The van der Waals surface area contributed by atoms with E-state index in [1.807, 2.05) is 0 Å². The van der Waals surface area contributed by atoms with E-state index in [1.54, 1.807) is 34.6 Å². The van der Waals surface area contributed by atoms with Gasteiger partial charge in [-0.15, -0.1) is 0 Å². The molecule has 0 saturated carbocycles. The van der Waals surface area contributed by atoms with Crippen LogP contribution in [0.5, 0.6) is 0 Å². The molecule has 2 N–H and O–H groups in total. The second-order valence-corrected chi connectivity index (χ2v) is 6.09. The Morgan fingerprint density at radius 1 is 1.08 bits per heavy atom. The van der Waals surface area contributed by atoms with Gasteiger partial charge in [-0.3, -0.25) is 9.69 Å². The van der Waals surface area contributed by atoms with E-state index in [2.05, 4.69) is 4.74 Å². The van der Waals surface area contributed by atoms with Crippen LogP contribution < -0.4 is 0 Å². The molecule has 0 spiro atoms. The van der Waals surface area contributed by atoms with Gasteiger partial charge in [-0.05, 0) is 34.6 Å². The van der Waals surface area contributed by atoms with Crippen molar-refractivity contribution in [1.29, 1.82) is 0 Å². The van der Waals surface area contributed by atoms with Crippen LogP contribution in [0.1, 0.15) is 41.0 Å². The average molecular weight is 349 g/mol. The van der Waals surface area contributed by atoms with E-state index >= 15 is 0 Å². The van der Waals surface area contributed by atoms with Crippen LogP contribution in [0, 0.1) is 0 Å². The molecule has 0 fully saturated rings. The minimum Gasteiger partial charge on any atom is -0.481 e. The lowest BCUT2D eigenvalue weighted by atomic mass is 10.2. The molecular weight excluding hydrogens is 326 g/mol. The summed E-state index contributed by atoms with van der Waals surface area (Å²) in [6.07, 6.45) is -3.63.